The number of hydrogen-bond acceptors (Lipinski definition) is 0. The first kappa shape index (κ1) is 10.5. The van der Waals surface area contributed by atoms with Crippen molar-refractivity contribution >= 4 is 43.1 Å². The number of benzene rings is 1. The van der Waals surface area contributed by atoms with Crippen LogP contribution in [0.25, 0.3) is 0 Å². The molecule has 0 aliphatic heterocycles. The highest BCUT2D eigenvalue weighted by atomic mass is 35.7. The summed E-state index contributed by atoms with van der Waals surface area (Å²) in [5.74, 6) is 0. The number of rotatable bonds is 3. The molecule has 0 bridgehead atoms. The molecule has 0 spiro atoms. The molecule has 0 fully saturated rings. The fourth-order valence-electron chi connectivity index (χ4n) is 0.820. The van der Waals surface area contributed by atoms with E-state index in [4.69, 9.17) is 33.9 Å². The quantitative estimate of drug-likeness (QED) is 0.691. The van der Waals surface area contributed by atoms with Gasteiger partial charge in [-0.05, 0) is 12.1 Å². The Morgan fingerprint density at radius 1 is 1.00 bits per heavy atom. The van der Waals surface area contributed by atoms with Crippen molar-refractivity contribution in [2.45, 2.75) is 4.90 Å². The summed E-state index contributed by atoms with van der Waals surface area (Å²) in [6, 6.07) is 9.76. The molecule has 0 nitrogen and oxygen atoms in total. The number of alkyl halides is 2. The Morgan fingerprint density at radius 2 is 1.50 bits per heavy atom. The second-order valence-corrected chi connectivity index (χ2v) is 7.89. The van der Waals surface area contributed by atoms with E-state index in [1.165, 1.54) is 0 Å². The van der Waals surface area contributed by atoms with Crippen LogP contribution >= 0.6 is 43.1 Å². The molecule has 0 amide bonds. The van der Waals surface area contributed by atoms with E-state index in [0.717, 1.165) is 4.90 Å². The van der Waals surface area contributed by atoms with Crippen molar-refractivity contribution in [3.05, 3.63) is 30.3 Å². The maximum absolute atomic E-state index is 6.25. The fourth-order valence-corrected chi connectivity index (χ4v) is 3.54. The zero-order valence-electron chi connectivity index (χ0n) is 6.34. The van der Waals surface area contributed by atoms with Gasteiger partial charge >= 0.3 is 0 Å². The zero-order chi connectivity index (χ0) is 9.03. The van der Waals surface area contributed by atoms with Gasteiger partial charge in [0.25, 0.3) is 0 Å². The predicted molar refractivity (Wildman–Crippen MR) is 59.6 cm³/mol. The molecule has 0 radical (unpaired) electrons. The van der Waals surface area contributed by atoms with E-state index in [0.29, 0.717) is 10.4 Å². The van der Waals surface area contributed by atoms with E-state index >= 15 is 0 Å². The third-order valence-corrected chi connectivity index (χ3v) is 7.41. The average Bonchev–Trinajstić information content (AvgIpc) is 2.18. The SMILES string of the molecule is ClCS(Cl)(CCl)c1ccccc1. The summed E-state index contributed by atoms with van der Waals surface area (Å²) >= 11 is 11.5. The Morgan fingerprint density at radius 3 is 1.92 bits per heavy atom. The standard InChI is InChI=1S/C8H9Cl3S/c9-6-12(11,7-10)8-4-2-1-3-5-8/h1-5H,6-7H2. The summed E-state index contributed by atoms with van der Waals surface area (Å²) in [7, 11) is 4.76. The summed E-state index contributed by atoms with van der Waals surface area (Å²) in [4.78, 5) is 1.05. The Bertz CT molecular complexity index is 233. The fraction of sp³-hybridized carbons (Fsp3) is 0.250. The highest BCUT2D eigenvalue weighted by Crippen LogP contribution is 2.61. The molecule has 0 aromatic heterocycles. The van der Waals surface area contributed by atoms with Gasteiger partial charge in [-0.1, -0.05) is 28.9 Å². The average molecular weight is 244 g/mol. The lowest BCUT2D eigenvalue weighted by molar-refractivity contribution is 1.44. The van der Waals surface area contributed by atoms with Crippen LogP contribution in [-0.2, 0) is 0 Å². The van der Waals surface area contributed by atoms with Crippen molar-refractivity contribution in [2.75, 3.05) is 10.4 Å². The molecular formula is C8H9Cl3S. The van der Waals surface area contributed by atoms with E-state index in [-0.39, 0.29) is 0 Å². The van der Waals surface area contributed by atoms with Gasteiger partial charge in [-0.15, -0.1) is 32.4 Å². The minimum atomic E-state index is -1.49. The van der Waals surface area contributed by atoms with Crippen molar-refractivity contribution in [3.63, 3.8) is 0 Å². The minimum Gasteiger partial charge on any atom is -0.115 e. The van der Waals surface area contributed by atoms with Gasteiger partial charge < -0.3 is 0 Å². The van der Waals surface area contributed by atoms with Crippen LogP contribution in [0, 0.1) is 0 Å². The monoisotopic (exact) mass is 242 g/mol. The molecule has 0 unspecified atom stereocenters. The largest absolute Gasteiger partial charge is 0.115 e. The van der Waals surface area contributed by atoms with Gasteiger partial charge in [0.15, 0.2) is 0 Å². The molecule has 0 saturated carbocycles. The Labute approximate surface area is 88.6 Å². The molecule has 68 valence electrons. The van der Waals surface area contributed by atoms with Crippen molar-refractivity contribution in [2.24, 2.45) is 0 Å². The normalized spacial score (nSPS) is 12.9. The van der Waals surface area contributed by atoms with Crippen LogP contribution in [0.2, 0.25) is 0 Å². The Hall–Kier alpha value is 0.440. The van der Waals surface area contributed by atoms with Crippen LogP contribution in [-0.4, -0.2) is 10.4 Å². The van der Waals surface area contributed by atoms with Gasteiger partial charge in [-0.2, -0.15) is 0 Å². The third kappa shape index (κ3) is 2.23. The van der Waals surface area contributed by atoms with Gasteiger partial charge in [0.1, 0.15) is 0 Å². The van der Waals surface area contributed by atoms with Gasteiger partial charge in [0, 0.05) is 4.90 Å². The molecule has 0 aliphatic rings. The Balaban J connectivity index is 2.95. The minimum absolute atomic E-state index is 0.405. The maximum Gasteiger partial charge on any atom is 0.0698 e. The van der Waals surface area contributed by atoms with Crippen LogP contribution in [0.3, 0.4) is 0 Å². The lowest BCUT2D eigenvalue weighted by Crippen LogP contribution is -1.95. The molecular weight excluding hydrogens is 235 g/mol. The highest BCUT2D eigenvalue weighted by molar-refractivity contribution is 8.52. The topological polar surface area (TPSA) is 0 Å². The van der Waals surface area contributed by atoms with Crippen LogP contribution in [0.5, 0.6) is 0 Å². The second kappa shape index (κ2) is 4.61. The lowest BCUT2D eigenvalue weighted by Gasteiger charge is -2.27. The molecule has 0 atom stereocenters. The van der Waals surface area contributed by atoms with Crippen molar-refractivity contribution in [3.8, 4) is 0 Å². The van der Waals surface area contributed by atoms with E-state index in [1.54, 1.807) is 0 Å². The summed E-state index contributed by atoms with van der Waals surface area (Å²) in [5, 5.41) is 0.810. The predicted octanol–water partition coefficient (Wildman–Crippen LogP) is 4.40. The first-order valence-corrected chi connectivity index (χ1v) is 7.25. The zero-order valence-corrected chi connectivity index (χ0v) is 9.43. The molecule has 1 aromatic rings. The van der Waals surface area contributed by atoms with Crippen molar-refractivity contribution in [1.29, 1.82) is 0 Å². The molecule has 1 aromatic carbocycles. The smallest absolute Gasteiger partial charge is 0.0698 e. The molecule has 4 heteroatoms. The summed E-state index contributed by atoms with van der Waals surface area (Å²) < 4.78 is 0. The highest BCUT2D eigenvalue weighted by Gasteiger charge is 2.20. The van der Waals surface area contributed by atoms with Crippen molar-refractivity contribution < 1.29 is 0 Å². The molecule has 0 N–H and O–H groups in total. The lowest BCUT2D eigenvalue weighted by atomic mass is 10.4. The van der Waals surface area contributed by atoms with Crippen molar-refractivity contribution in [1.82, 2.24) is 0 Å². The van der Waals surface area contributed by atoms with Gasteiger partial charge in [0.2, 0.25) is 0 Å². The van der Waals surface area contributed by atoms with Crippen LogP contribution in [0.4, 0.5) is 0 Å². The van der Waals surface area contributed by atoms with Crippen LogP contribution in [0.1, 0.15) is 0 Å². The Kier molecular flexibility index (Phi) is 4.04. The van der Waals surface area contributed by atoms with Gasteiger partial charge in [0.05, 0.1) is 10.4 Å². The number of halogens is 3. The summed E-state index contributed by atoms with van der Waals surface area (Å²) in [5.41, 5.74) is 0. The van der Waals surface area contributed by atoms with Crippen LogP contribution < -0.4 is 0 Å². The molecule has 0 aliphatic carbocycles. The summed E-state index contributed by atoms with van der Waals surface area (Å²) in [6.07, 6.45) is 0. The van der Waals surface area contributed by atoms with E-state index in [1.807, 2.05) is 30.3 Å². The first-order valence-electron chi connectivity index (χ1n) is 3.38. The maximum atomic E-state index is 6.25. The van der Waals surface area contributed by atoms with Gasteiger partial charge in [-0.25, -0.2) is 0 Å². The molecule has 12 heavy (non-hydrogen) atoms. The first-order chi connectivity index (χ1) is 5.73. The van der Waals surface area contributed by atoms with E-state index in [9.17, 15) is 0 Å². The van der Waals surface area contributed by atoms with Gasteiger partial charge in [-0.3, -0.25) is 0 Å². The number of hydrogen-bond donors (Lipinski definition) is 0. The van der Waals surface area contributed by atoms with Crippen LogP contribution in [0.15, 0.2) is 35.2 Å². The van der Waals surface area contributed by atoms with E-state index < -0.39 is 9.24 Å². The molecule has 0 heterocycles. The van der Waals surface area contributed by atoms with E-state index in [2.05, 4.69) is 0 Å². The second-order valence-electron chi connectivity index (χ2n) is 2.32. The molecule has 0 saturated heterocycles. The summed E-state index contributed by atoms with van der Waals surface area (Å²) in [6.45, 7) is 0. The third-order valence-electron chi connectivity index (χ3n) is 1.51. The molecule has 1 rings (SSSR count).